The predicted molar refractivity (Wildman–Crippen MR) is 70.5 cm³/mol. The van der Waals surface area contributed by atoms with E-state index in [2.05, 4.69) is 11.9 Å². The highest BCUT2D eigenvalue weighted by Gasteiger charge is 2.03. The molecule has 0 bridgehead atoms. The quantitative estimate of drug-likeness (QED) is 0.628. The Morgan fingerprint density at radius 1 is 1.47 bits per heavy atom. The fraction of sp³-hybridized carbons (Fsp3) is 0.429. The van der Waals surface area contributed by atoms with Crippen LogP contribution in [0.25, 0.3) is 0 Å². The molecule has 0 fully saturated rings. The van der Waals surface area contributed by atoms with Crippen LogP contribution in [0.3, 0.4) is 0 Å². The maximum Gasteiger partial charge on any atom is 0.246 e. The van der Waals surface area contributed by atoms with Crippen LogP contribution in [-0.2, 0) is 11.3 Å². The summed E-state index contributed by atoms with van der Waals surface area (Å²) in [6.45, 7) is 12.7. The minimum Gasteiger partial charge on any atom is -0.346 e. The van der Waals surface area contributed by atoms with Crippen LogP contribution in [-0.4, -0.2) is 12.5 Å². The van der Waals surface area contributed by atoms with Gasteiger partial charge in [-0.05, 0) is 19.9 Å². The lowest BCUT2D eigenvalue weighted by Gasteiger charge is -2.02. The molecule has 17 heavy (non-hydrogen) atoms. The Morgan fingerprint density at radius 2 is 2.12 bits per heavy atom. The molecule has 0 saturated carbocycles. The molecular formula is C14H23N2O+. The van der Waals surface area contributed by atoms with Gasteiger partial charge in [0, 0.05) is 17.2 Å². The highest BCUT2D eigenvalue weighted by atomic mass is 16.1. The van der Waals surface area contributed by atoms with Crippen LogP contribution in [0, 0.1) is 6.92 Å². The summed E-state index contributed by atoms with van der Waals surface area (Å²) in [5, 5.41) is 2.79. The summed E-state index contributed by atoms with van der Waals surface area (Å²) in [6, 6.07) is 4.04. The van der Waals surface area contributed by atoms with Crippen LogP contribution in [0.2, 0.25) is 0 Å². The van der Waals surface area contributed by atoms with E-state index in [9.17, 15) is 4.79 Å². The predicted octanol–water partition coefficient (Wildman–Crippen LogP) is 2.00. The summed E-state index contributed by atoms with van der Waals surface area (Å²) in [6.07, 6.45) is 4.03. The van der Waals surface area contributed by atoms with Gasteiger partial charge in [0.25, 0.3) is 0 Å². The number of hydrogen-bond donors (Lipinski definition) is 1. The number of aromatic nitrogens is 1. The van der Waals surface area contributed by atoms with E-state index in [0.29, 0.717) is 12.1 Å². The van der Waals surface area contributed by atoms with Gasteiger partial charge in [0.15, 0.2) is 18.9 Å². The highest BCUT2D eigenvalue weighted by molar-refractivity contribution is 5.91. The van der Waals surface area contributed by atoms with Crippen molar-refractivity contribution < 1.29 is 9.36 Å². The van der Waals surface area contributed by atoms with Gasteiger partial charge < -0.3 is 5.32 Å². The average molecular weight is 235 g/mol. The maximum absolute atomic E-state index is 11.2. The zero-order valence-corrected chi connectivity index (χ0v) is 11.3. The van der Waals surface area contributed by atoms with E-state index in [1.165, 1.54) is 5.56 Å². The lowest BCUT2D eigenvalue weighted by Crippen LogP contribution is -2.40. The topological polar surface area (TPSA) is 33.0 Å². The first-order valence-corrected chi connectivity index (χ1v) is 5.99. The average Bonchev–Trinajstić information content (AvgIpc) is 2.31. The normalized spacial score (nSPS) is 8.94. The van der Waals surface area contributed by atoms with Gasteiger partial charge >= 0.3 is 0 Å². The first kappa shape index (κ1) is 15.4. The first-order valence-electron chi connectivity index (χ1n) is 5.99. The minimum atomic E-state index is -0.0803. The van der Waals surface area contributed by atoms with Crippen molar-refractivity contribution in [1.29, 1.82) is 0 Å². The van der Waals surface area contributed by atoms with Gasteiger partial charge in [-0.2, -0.15) is 0 Å². The van der Waals surface area contributed by atoms with E-state index < -0.39 is 0 Å². The van der Waals surface area contributed by atoms with Crippen molar-refractivity contribution in [2.24, 2.45) is 0 Å². The van der Waals surface area contributed by atoms with Crippen molar-refractivity contribution in [3.63, 3.8) is 0 Å². The molecular weight excluding hydrogens is 212 g/mol. The molecule has 1 aromatic heterocycles. The molecule has 0 aromatic carbocycles. The number of hydrogen-bond acceptors (Lipinski definition) is 1. The molecule has 0 aliphatic rings. The highest BCUT2D eigenvalue weighted by Crippen LogP contribution is 1.89. The molecule has 0 aliphatic heterocycles. The summed E-state index contributed by atoms with van der Waals surface area (Å²) in [5.41, 5.74) is 1.76. The molecule has 0 saturated heterocycles. The molecule has 1 N–H and O–H groups in total. The molecule has 94 valence electrons. The van der Waals surface area contributed by atoms with Gasteiger partial charge in [-0.3, -0.25) is 4.79 Å². The van der Waals surface area contributed by atoms with Crippen molar-refractivity contribution in [2.45, 2.75) is 34.2 Å². The fourth-order valence-corrected chi connectivity index (χ4v) is 1.24. The Balaban J connectivity index is 0.00000121. The van der Waals surface area contributed by atoms with Crippen molar-refractivity contribution >= 4 is 5.91 Å². The summed E-state index contributed by atoms with van der Waals surface area (Å²) >= 11 is 0. The molecule has 1 heterocycles. The third kappa shape index (κ3) is 6.51. The third-order valence-electron chi connectivity index (χ3n) is 2.05. The lowest BCUT2D eigenvalue weighted by molar-refractivity contribution is -0.695. The molecule has 1 aromatic rings. The molecule has 3 heteroatoms. The minimum absolute atomic E-state index is 0.0803. The van der Waals surface area contributed by atoms with Crippen molar-refractivity contribution in [3.8, 4) is 0 Å². The number of carbonyl (C=O) groups is 1. The summed E-state index contributed by atoms with van der Waals surface area (Å²) in [4.78, 5) is 11.2. The Labute approximate surface area is 104 Å². The van der Waals surface area contributed by atoms with Crippen LogP contribution < -0.4 is 9.88 Å². The summed E-state index contributed by atoms with van der Waals surface area (Å²) in [5.74, 6) is -0.0803. The van der Waals surface area contributed by atoms with Crippen molar-refractivity contribution in [1.82, 2.24) is 5.32 Å². The standard InChI is InChI=1S/C12H16N2O.C2H6/c1-10(2)12(15)13-6-8-14-7-4-5-11(3)9-14;1-2/h4-5,7,9H,1,6,8H2,2-3H3;1-2H3/p+1. The van der Waals surface area contributed by atoms with Crippen LogP contribution in [0.15, 0.2) is 36.7 Å². The number of amides is 1. The smallest absolute Gasteiger partial charge is 0.246 e. The molecule has 1 rings (SSSR count). The van der Waals surface area contributed by atoms with Crippen LogP contribution >= 0.6 is 0 Å². The molecule has 0 unspecified atom stereocenters. The molecule has 0 radical (unpaired) electrons. The van der Waals surface area contributed by atoms with Crippen LogP contribution in [0.5, 0.6) is 0 Å². The Hall–Kier alpha value is -1.64. The SMILES string of the molecule is C=C(C)C(=O)NCC[n+]1cccc(C)c1.CC. The van der Waals surface area contributed by atoms with E-state index in [-0.39, 0.29) is 5.91 Å². The summed E-state index contributed by atoms with van der Waals surface area (Å²) in [7, 11) is 0. The van der Waals surface area contributed by atoms with Gasteiger partial charge in [-0.15, -0.1) is 0 Å². The van der Waals surface area contributed by atoms with Crippen LogP contribution in [0.1, 0.15) is 26.3 Å². The number of carbonyl (C=O) groups excluding carboxylic acids is 1. The Morgan fingerprint density at radius 3 is 2.65 bits per heavy atom. The summed E-state index contributed by atoms with van der Waals surface area (Å²) < 4.78 is 2.05. The van der Waals surface area contributed by atoms with Crippen LogP contribution in [0.4, 0.5) is 0 Å². The van der Waals surface area contributed by atoms with E-state index >= 15 is 0 Å². The van der Waals surface area contributed by atoms with Crippen molar-refractivity contribution in [3.05, 3.63) is 42.2 Å². The largest absolute Gasteiger partial charge is 0.346 e. The van der Waals surface area contributed by atoms with Gasteiger partial charge in [-0.25, -0.2) is 4.57 Å². The van der Waals surface area contributed by atoms with E-state index in [1.807, 2.05) is 49.9 Å². The Kier molecular flexibility index (Phi) is 7.68. The van der Waals surface area contributed by atoms with Crippen molar-refractivity contribution in [2.75, 3.05) is 6.54 Å². The fourth-order valence-electron chi connectivity index (χ4n) is 1.24. The molecule has 3 nitrogen and oxygen atoms in total. The lowest BCUT2D eigenvalue weighted by atomic mass is 10.3. The van der Waals surface area contributed by atoms with Gasteiger partial charge in [0.1, 0.15) is 0 Å². The second-order valence-corrected chi connectivity index (χ2v) is 3.66. The van der Waals surface area contributed by atoms with Gasteiger partial charge in [0.05, 0.1) is 6.54 Å². The molecule has 0 spiro atoms. The van der Waals surface area contributed by atoms with Gasteiger partial charge in [0.2, 0.25) is 5.91 Å². The number of pyridine rings is 1. The Bertz CT molecular complexity index is 372. The second kappa shape index (κ2) is 8.50. The number of aryl methyl sites for hydroxylation is 1. The molecule has 1 amide bonds. The zero-order chi connectivity index (χ0) is 13.3. The van der Waals surface area contributed by atoms with E-state index in [0.717, 1.165) is 6.54 Å². The first-order chi connectivity index (χ1) is 8.09. The zero-order valence-electron chi connectivity index (χ0n) is 11.3. The monoisotopic (exact) mass is 235 g/mol. The number of nitrogens with zero attached hydrogens (tertiary/aromatic N) is 1. The van der Waals surface area contributed by atoms with E-state index in [4.69, 9.17) is 0 Å². The van der Waals surface area contributed by atoms with Gasteiger partial charge in [-0.1, -0.05) is 20.4 Å². The number of rotatable bonds is 4. The number of nitrogens with one attached hydrogen (secondary N) is 1. The second-order valence-electron chi connectivity index (χ2n) is 3.66. The van der Waals surface area contributed by atoms with E-state index in [1.54, 1.807) is 6.92 Å². The maximum atomic E-state index is 11.2. The molecule has 0 aliphatic carbocycles. The molecule has 0 atom stereocenters. The third-order valence-corrected chi connectivity index (χ3v) is 2.05.